The normalized spacial score (nSPS) is 16.9. The zero-order valence-electron chi connectivity index (χ0n) is 23.3. The monoisotopic (exact) mass is 588 g/mol. The Labute approximate surface area is 241 Å². The lowest BCUT2D eigenvalue weighted by atomic mass is 9.88. The number of rotatable bonds is 15. The summed E-state index contributed by atoms with van der Waals surface area (Å²) >= 11 is 3.71. The smallest absolute Gasteiger partial charge is 0.390 e. The fourth-order valence-electron chi connectivity index (χ4n) is 4.87. The molecule has 2 rings (SSSR count). The third kappa shape index (κ3) is 13.1. The number of nitrogens with zero attached hydrogens (tertiary/aromatic N) is 1. The number of thiol groups is 1. The summed E-state index contributed by atoms with van der Waals surface area (Å²) in [6, 6.07) is 4.01. The maximum absolute atomic E-state index is 13.4. The lowest BCUT2D eigenvalue weighted by Gasteiger charge is -2.31. The molecule has 2 unspecified atom stereocenters. The number of benzene rings is 1. The molecule has 1 aromatic rings. The lowest BCUT2D eigenvalue weighted by molar-refractivity contribution is -0.137. The Bertz CT molecular complexity index is 981. The molecule has 1 aromatic carbocycles. The quantitative estimate of drug-likeness (QED) is 0.0574. The molecule has 5 nitrogen and oxygen atoms in total. The van der Waals surface area contributed by atoms with E-state index in [1.54, 1.807) is 17.4 Å². The highest BCUT2D eigenvalue weighted by molar-refractivity contribution is 7.97. The van der Waals surface area contributed by atoms with E-state index in [0.717, 1.165) is 37.7 Å². The number of aryl methyl sites for hydroxylation is 1. The molecular weight excluding hydrogens is 545 g/mol. The molecule has 0 bridgehead atoms. The van der Waals surface area contributed by atoms with Crippen molar-refractivity contribution in [3.8, 4) is 0 Å². The predicted octanol–water partition coefficient (Wildman–Crippen LogP) is 7.14. The molecule has 0 aromatic heterocycles. The fraction of sp³-hybridized carbons (Fsp3) is 0.552. The molecule has 0 spiro atoms. The van der Waals surface area contributed by atoms with E-state index in [4.69, 9.17) is 4.55 Å². The van der Waals surface area contributed by atoms with Crippen molar-refractivity contribution in [1.29, 1.82) is 0 Å². The van der Waals surface area contributed by atoms with Gasteiger partial charge in [0.05, 0.1) is 11.7 Å². The van der Waals surface area contributed by atoms with Gasteiger partial charge in [-0.15, -0.1) is 0 Å². The van der Waals surface area contributed by atoms with Crippen LogP contribution in [0.3, 0.4) is 0 Å². The van der Waals surface area contributed by atoms with Crippen LogP contribution in [0.4, 0.5) is 13.2 Å². The highest BCUT2D eigenvalue weighted by Crippen LogP contribution is 2.38. The number of carbonyl (C=O) groups is 1. The molecule has 3 N–H and O–H groups in total. The first-order chi connectivity index (χ1) is 18.4. The van der Waals surface area contributed by atoms with Gasteiger partial charge in [0.15, 0.2) is 0 Å². The van der Waals surface area contributed by atoms with Crippen LogP contribution in [0.2, 0.25) is 0 Å². The summed E-state index contributed by atoms with van der Waals surface area (Å²) in [5, 5.41) is 14.1. The van der Waals surface area contributed by atoms with Gasteiger partial charge >= 0.3 is 6.18 Å². The van der Waals surface area contributed by atoms with Crippen LogP contribution in [0.5, 0.6) is 0 Å². The summed E-state index contributed by atoms with van der Waals surface area (Å²) in [6.07, 6.45) is 6.03. The van der Waals surface area contributed by atoms with Gasteiger partial charge in [0, 0.05) is 29.9 Å². The molecule has 0 saturated carbocycles. The van der Waals surface area contributed by atoms with Gasteiger partial charge in [0.25, 0.3) is 0 Å². The van der Waals surface area contributed by atoms with Gasteiger partial charge in [0.2, 0.25) is 0 Å². The minimum atomic E-state index is -4.45. The molecule has 0 fully saturated rings. The van der Waals surface area contributed by atoms with E-state index >= 15 is 0 Å². The van der Waals surface area contributed by atoms with E-state index in [-0.39, 0.29) is 5.54 Å². The number of carbonyl (C=O) groups excluding carboxylic acids is 1. The Kier molecular flexibility index (Phi) is 15.7. The van der Waals surface area contributed by atoms with Crippen LogP contribution in [0.15, 0.2) is 59.0 Å². The van der Waals surface area contributed by atoms with E-state index in [0.29, 0.717) is 48.7 Å². The van der Waals surface area contributed by atoms with Gasteiger partial charge in [-0.1, -0.05) is 24.8 Å². The molecule has 0 heterocycles. The topological polar surface area (TPSA) is 72.8 Å². The van der Waals surface area contributed by atoms with Crippen molar-refractivity contribution < 1.29 is 27.6 Å². The van der Waals surface area contributed by atoms with E-state index in [9.17, 15) is 23.1 Å². The van der Waals surface area contributed by atoms with Gasteiger partial charge in [-0.2, -0.15) is 13.2 Å². The Morgan fingerprint density at radius 3 is 2.49 bits per heavy atom. The van der Waals surface area contributed by atoms with Crippen molar-refractivity contribution in [2.75, 3.05) is 20.1 Å². The first-order valence-corrected chi connectivity index (χ1v) is 14.2. The number of alkyl halides is 3. The number of hydrogen-bond acceptors (Lipinski definition) is 7. The van der Waals surface area contributed by atoms with E-state index in [1.807, 2.05) is 13.0 Å². The standard InChI is InChI=1S/C29H41F3N2O2S.H2OS/c1-6-10-24-14-22(13-23(24)7-2)18-28(3,4)33-19-26(36)20-34(5)37-27-16-21(11-8-9-12-35)15-25(17-27)29(30,31)32;1-2/h6-7,10,12,15-17,22,26,33,36H,2,8-9,11,13-14,18-20H2,1,3-5H3;1-2H/b10-6-;. The molecule has 1 aliphatic rings. The summed E-state index contributed by atoms with van der Waals surface area (Å²) in [7, 11) is 1.76. The number of allylic oxidation sites excluding steroid dienone is 5. The van der Waals surface area contributed by atoms with Gasteiger partial charge in [-0.3, -0.25) is 0 Å². The van der Waals surface area contributed by atoms with Gasteiger partial charge < -0.3 is 19.8 Å². The molecule has 0 radical (unpaired) electrons. The number of hydrogen-bond donors (Lipinski definition) is 4. The number of β-amino-alcohol motifs (C(OH)–C–C–N with tert-alkyl or cyclic N) is 1. The predicted molar refractivity (Wildman–Crippen MR) is 158 cm³/mol. The van der Waals surface area contributed by atoms with Crippen LogP contribution < -0.4 is 5.32 Å². The average molecular weight is 589 g/mol. The van der Waals surface area contributed by atoms with E-state index in [2.05, 4.69) is 50.8 Å². The van der Waals surface area contributed by atoms with Gasteiger partial charge in [-0.05, 0) is 126 Å². The SMILES string of the molecule is C=CC1=C(/C=C\C)CC(CC(C)(C)NCC(O)CN(C)Sc2cc(CCCC=O)cc(C(F)(F)F)c2)C1.OS. The lowest BCUT2D eigenvalue weighted by Crippen LogP contribution is -2.46. The molecule has 0 amide bonds. The van der Waals surface area contributed by atoms with Crippen LogP contribution in [0.25, 0.3) is 0 Å². The van der Waals surface area contributed by atoms with Crippen LogP contribution in [0.1, 0.15) is 64.0 Å². The molecule has 2 atom stereocenters. The van der Waals surface area contributed by atoms with Crippen molar-refractivity contribution in [3.63, 3.8) is 0 Å². The van der Waals surface area contributed by atoms with Crippen molar-refractivity contribution in [1.82, 2.24) is 9.62 Å². The Hall–Kier alpha value is -1.56. The fourth-order valence-corrected chi connectivity index (χ4v) is 5.86. The van der Waals surface area contributed by atoms with Crippen LogP contribution >= 0.6 is 24.9 Å². The minimum Gasteiger partial charge on any atom is -0.390 e. The van der Waals surface area contributed by atoms with Crippen molar-refractivity contribution >= 4 is 31.1 Å². The third-order valence-corrected chi connectivity index (χ3v) is 7.38. The maximum Gasteiger partial charge on any atom is 0.416 e. The molecule has 0 aliphatic heterocycles. The molecular formula is C29H43F3N2O3S2. The Balaban J connectivity index is 0.00000371. The second kappa shape index (κ2) is 17.3. The number of halogens is 3. The number of aliphatic hydroxyl groups excluding tert-OH is 1. The zero-order valence-corrected chi connectivity index (χ0v) is 25.0. The summed E-state index contributed by atoms with van der Waals surface area (Å²) in [5.74, 6) is 0.513. The van der Waals surface area contributed by atoms with Crippen LogP contribution in [-0.2, 0) is 17.4 Å². The molecule has 220 valence electrons. The third-order valence-electron chi connectivity index (χ3n) is 6.47. The number of aldehydes is 1. The summed E-state index contributed by atoms with van der Waals surface area (Å²) in [6.45, 7) is 10.9. The molecule has 10 heteroatoms. The van der Waals surface area contributed by atoms with Crippen molar-refractivity contribution in [2.24, 2.45) is 5.92 Å². The Morgan fingerprint density at radius 1 is 1.23 bits per heavy atom. The van der Waals surface area contributed by atoms with Gasteiger partial charge in [-0.25, -0.2) is 4.31 Å². The second-order valence-corrected chi connectivity index (χ2v) is 11.8. The second-order valence-electron chi connectivity index (χ2n) is 10.5. The highest BCUT2D eigenvalue weighted by Gasteiger charge is 2.32. The van der Waals surface area contributed by atoms with Crippen molar-refractivity contribution in [3.05, 3.63) is 65.3 Å². The summed E-state index contributed by atoms with van der Waals surface area (Å²) in [5.41, 5.74) is 2.33. The number of unbranched alkanes of at least 4 members (excludes halogenated alkanes) is 1. The Morgan fingerprint density at radius 2 is 1.90 bits per heavy atom. The molecule has 39 heavy (non-hydrogen) atoms. The zero-order chi connectivity index (χ0) is 29.6. The van der Waals surface area contributed by atoms with Crippen LogP contribution in [-0.4, -0.2) is 52.0 Å². The van der Waals surface area contributed by atoms with Crippen molar-refractivity contribution in [2.45, 2.75) is 82.0 Å². The maximum atomic E-state index is 13.4. The largest absolute Gasteiger partial charge is 0.416 e. The van der Waals surface area contributed by atoms with Crippen LogP contribution in [0, 0.1) is 5.92 Å². The number of likely N-dealkylation sites (N-methyl/N-ethyl adjacent to an activating group) is 1. The van der Waals surface area contributed by atoms with E-state index in [1.165, 1.54) is 23.1 Å². The molecule has 1 aliphatic carbocycles. The number of aliphatic hydroxyl groups is 1. The summed E-state index contributed by atoms with van der Waals surface area (Å²) in [4.78, 5) is 11.0. The molecule has 0 saturated heterocycles. The number of nitrogens with one attached hydrogen (secondary N) is 1. The average Bonchev–Trinajstić information content (AvgIpc) is 3.24. The van der Waals surface area contributed by atoms with Gasteiger partial charge in [0.1, 0.15) is 6.29 Å². The first kappa shape index (κ1) is 35.5. The highest BCUT2D eigenvalue weighted by atomic mass is 32.2. The minimum absolute atomic E-state index is 0.174. The van der Waals surface area contributed by atoms with E-state index < -0.39 is 17.8 Å². The summed E-state index contributed by atoms with van der Waals surface area (Å²) < 4.78 is 48.7. The first-order valence-electron chi connectivity index (χ1n) is 13.0.